The minimum absolute atomic E-state index is 0. The third kappa shape index (κ3) is 8.17. The summed E-state index contributed by atoms with van der Waals surface area (Å²) in [7, 11) is 5.57. The summed E-state index contributed by atoms with van der Waals surface area (Å²) in [6.45, 7) is 2.97. The molecule has 2 N–H and O–H groups in total. The molecular formula is C20H41IN4OS. The van der Waals surface area contributed by atoms with E-state index in [2.05, 4.69) is 34.6 Å². The van der Waals surface area contributed by atoms with Crippen molar-refractivity contribution < 1.29 is 4.21 Å². The van der Waals surface area contributed by atoms with Gasteiger partial charge in [-0.25, -0.2) is 0 Å². The number of rotatable bonds is 7. The van der Waals surface area contributed by atoms with Crippen LogP contribution in [0.5, 0.6) is 0 Å². The van der Waals surface area contributed by atoms with Gasteiger partial charge < -0.3 is 15.5 Å². The molecule has 0 aromatic rings. The molecule has 4 unspecified atom stereocenters. The summed E-state index contributed by atoms with van der Waals surface area (Å²) < 4.78 is 12.2. The van der Waals surface area contributed by atoms with Crippen LogP contribution < -0.4 is 10.6 Å². The number of likely N-dealkylation sites (N-methyl/N-ethyl adjacent to an activating group) is 1. The number of hydrogen-bond acceptors (Lipinski definition) is 3. The van der Waals surface area contributed by atoms with E-state index in [0.717, 1.165) is 49.9 Å². The molecule has 0 spiro atoms. The van der Waals surface area contributed by atoms with Crippen LogP contribution in [0.4, 0.5) is 0 Å². The first-order chi connectivity index (χ1) is 12.5. The molecule has 0 amide bonds. The monoisotopic (exact) mass is 512 g/mol. The normalized spacial score (nSPS) is 26.9. The molecule has 2 rings (SSSR count). The van der Waals surface area contributed by atoms with E-state index in [-0.39, 0.29) is 24.0 Å². The van der Waals surface area contributed by atoms with E-state index < -0.39 is 10.8 Å². The van der Waals surface area contributed by atoms with Crippen LogP contribution in [0.15, 0.2) is 4.99 Å². The minimum atomic E-state index is -0.679. The largest absolute Gasteiger partial charge is 0.355 e. The Morgan fingerprint density at radius 3 is 2.44 bits per heavy atom. The van der Waals surface area contributed by atoms with Crippen molar-refractivity contribution in [3.63, 3.8) is 0 Å². The van der Waals surface area contributed by atoms with Crippen LogP contribution >= 0.6 is 24.0 Å². The molecule has 4 atom stereocenters. The first kappa shape index (κ1) is 25.1. The van der Waals surface area contributed by atoms with Crippen LogP contribution in [-0.2, 0) is 10.8 Å². The molecule has 0 bridgehead atoms. The van der Waals surface area contributed by atoms with Crippen LogP contribution in [0.3, 0.4) is 0 Å². The van der Waals surface area contributed by atoms with Crippen LogP contribution in [0, 0.1) is 5.92 Å². The quantitative estimate of drug-likeness (QED) is 0.312. The summed E-state index contributed by atoms with van der Waals surface area (Å²) >= 11 is 0. The zero-order chi connectivity index (χ0) is 18.9. The Labute approximate surface area is 186 Å². The molecule has 0 aliphatic heterocycles. The van der Waals surface area contributed by atoms with Crippen molar-refractivity contribution in [2.24, 2.45) is 10.9 Å². The van der Waals surface area contributed by atoms with E-state index in [1.165, 1.54) is 32.1 Å². The van der Waals surface area contributed by atoms with Crippen molar-refractivity contribution in [2.45, 2.75) is 82.0 Å². The van der Waals surface area contributed by atoms with Gasteiger partial charge in [-0.1, -0.05) is 32.6 Å². The number of aliphatic imine (C=N–C) groups is 1. The lowest BCUT2D eigenvalue weighted by Gasteiger charge is -2.36. The number of hydrogen-bond donors (Lipinski definition) is 2. The molecular weight excluding hydrogens is 471 g/mol. The summed E-state index contributed by atoms with van der Waals surface area (Å²) in [5, 5.41) is 7.52. The van der Waals surface area contributed by atoms with Gasteiger partial charge in [0, 0.05) is 47.5 Å². The molecule has 2 fully saturated rings. The molecule has 160 valence electrons. The Hall–Kier alpha value is 0.110. The first-order valence-electron chi connectivity index (χ1n) is 10.6. The highest BCUT2D eigenvalue weighted by Gasteiger charge is 2.28. The van der Waals surface area contributed by atoms with Crippen molar-refractivity contribution in [2.75, 3.05) is 33.4 Å². The maximum Gasteiger partial charge on any atom is 0.191 e. The lowest BCUT2D eigenvalue weighted by atomic mass is 9.83. The van der Waals surface area contributed by atoms with Crippen molar-refractivity contribution in [1.29, 1.82) is 0 Å². The second-order valence-electron chi connectivity index (χ2n) is 8.18. The number of nitrogens with one attached hydrogen (secondary N) is 2. The highest BCUT2D eigenvalue weighted by Crippen LogP contribution is 2.28. The van der Waals surface area contributed by atoms with Crippen LogP contribution in [-0.4, -0.2) is 65.8 Å². The Kier molecular flexibility index (Phi) is 12.4. The summed E-state index contributed by atoms with van der Waals surface area (Å²) in [6, 6.07) is 0.948. The van der Waals surface area contributed by atoms with Gasteiger partial charge in [-0.15, -0.1) is 24.0 Å². The highest BCUT2D eigenvalue weighted by molar-refractivity contribution is 14.0. The molecule has 2 saturated carbocycles. The molecule has 0 aromatic carbocycles. The standard InChI is InChI=1S/C20H40N4OS.HI/c1-5-26(25)18-13-9-12-17(14-18)23-20(21-2)22-15-19(24(3)4)16-10-7-6-8-11-16;/h16-19H,5-15H2,1-4H3,(H2,21,22,23);1H. The Balaban J connectivity index is 0.00000364. The predicted molar refractivity (Wildman–Crippen MR) is 129 cm³/mol. The average molecular weight is 513 g/mol. The second kappa shape index (κ2) is 13.4. The Bertz CT molecular complexity index is 469. The van der Waals surface area contributed by atoms with Crippen LogP contribution in [0.1, 0.15) is 64.7 Å². The third-order valence-electron chi connectivity index (χ3n) is 6.18. The first-order valence-corrected chi connectivity index (χ1v) is 11.9. The summed E-state index contributed by atoms with van der Waals surface area (Å²) in [5.74, 6) is 2.46. The molecule has 0 radical (unpaired) electrons. The van der Waals surface area contributed by atoms with Gasteiger partial charge in [0.2, 0.25) is 0 Å². The van der Waals surface area contributed by atoms with Gasteiger partial charge >= 0.3 is 0 Å². The van der Waals surface area contributed by atoms with Gasteiger partial charge in [-0.05, 0) is 52.1 Å². The van der Waals surface area contributed by atoms with Crippen LogP contribution in [0.2, 0.25) is 0 Å². The van der Waals surface area contributed by atoms with E-state index in [9.17, 15) is 4.21 Å². The van der Waals surface area contributed by atoms with Gasteiger partial charge in [0.05, 0.1) is 0 Å². The molecule has 27 heavy (non-hydrogen) atoms. The fourth-order valence-corrected chi connectivity index (χ4v) is 5.98. The van der Waals surface area contributed by atoms with Crippen LogP contribution in [0.25, 0.3) is 0 Å². The lowest BCUT2D eigenvalue weighted by molar-refractivity contribution is 0.171. The number of halogens is 1. The Morgan fingerprint density at radius 1 is 1.15 bits per heavy atom. The van der Waals surface area contributed by atoms with E-state index in [4.69, 9.17) is 0 Å². The summed E-state index contributed by atoms with van der Waals surface area (Å²) in [4.78, 5) is 6.82. The third-order valence-corrected chi connectivity index (χ3v) is 7.92. The predicted octanol–water partition coefficient (Wildman–Crippen LogP) is 3.36. The molecule has 2 aliphatic rings. The smallest absolute Gasteiger partial charge is 0.191 e. The Morgan fingerprint density at radius 2 is 1.85 bits per heavy atom. The van der Waals surface area contributed by atoms with Gasteiger partial charge in [-0.2, -0.15) is 0 Å². The maximum absolute atomic E-state index is 12.2. The van der Waals surface area contributed by atoms with Crippen molar-refractivity contribution in [1.82, 2.24) is 15.5 Å². The fourth-order valence-electron chi connectivity index (χ4n) is 4.63. The minimum Gasteiger partial charge on any atom is -0.355 e. The topological polar surface area (TPSA) is 56.7 Å². The number of nitrogens with zero attached hydrogens (tertiary/aromatic N) is 2. The van der Waals surface area contributed by atoms with Gasteiger partial charge in [0.1, 0.15) is 0 Å². The SMILES string of the molecule is CCS(=O)C1CCCC(NC(=NC)NCC(C2CCCCC2)N(C)C)C1.I. The molecule has 0 heterocycles. The average Bonchev–Trinajstić information content (AvgIpc) is 2.67. The number of guanidine groups is 1. The molecule has 7 heteroatoms. The van der Waals surface area contributed by atoms with Gasteiger partial charge in [0.15, 0.2) is 5.96 Å². The molecule has 0 aromatic heterocycles. The fraction of sp³-hybridized carbons (Fsp3) is 0.950. The summed E-state index contributed by atoms with van der Waals surface area (Å²) in [5.41, 5.74) is 0. The van der Waals surface area contributed by atoms with Gasteiger partial charge in [0.25, 0.3) is 0 Å². The van der Waals surface area contributed by atoms with Crippen molar-refractivity contribution in [3.05, 3.63) is 0 Å². The van der Waals surface area contributed by atoms with Crippen molar-refractivity contribution >= 4 is 40.7 Å². The zero-order valence-electron chi connectivity index (χ0n) is 17.7. The van der Waals surface area contributed by atoms with E-state index in [1.807, 2.05) is 14.0 Å². The lowest BCUT2D eigenvalue weighted by Crippen LogP contribution is -2.51. The molecule has 0 saturated heterocycles. The maximum atomic E-state index is 12.2. The van der Waals surface area contributed by atoms with Gasteiger partial charge in [-0.3, -0.25) is 9.20 Å². The summed E-state index contributed by atoms with van der Waals surface area (Å²) in [6.07, 6.45) is 11.3. The highest BCUT2D eigenvalue weighted by atomic mass is 127. The molecule has 2 aliphatic carbocycles. The van der Waals surface area contributed by atoms with Crippen molar-refractivity contribution in [3.8, 4) is 0 Å². The molecule has 5 nitrogen and oxygen atoms in total. The zero-order valence-corrected chi connectivity index (χ0v) is 20.9. The van der Waals surface area contributed by atoms with E-state index in [0.29, 0.717) is 17.3 Å². The van der Waals surface area contributed by atoms with E-state index >= 15 is 0 Å². The second-order valence-corrected chi connectivity index (χ2v) is 10.2. The van der Waals surface area contributed by atoms with E-state index in [1.54, 1.807) is 0 Å².